The molecule has 2 heteroatoms. The molecule has 3 aromatic rings. The van der Waals surface area contributed by atoms with E-state index in [0.29, 0.717) is 5.75 Å². The Balaban J connectivity index is 1.94. The van der Waals surface area contributed by atoms with E-state index in [1.807, 2.05) is 42.5 Å². The van der Waals surface area contributed by atoms with Gasteiger partial charge in [-0.2, -0.15) is 0 Å². The molecule has 0 aromatic heterocycles. The molecule has 1 aliphatic rings. The minimum absolute atomic E-state index is 0.267. The maximum atomic E-state index is 9.79. The van der Waals surface area contributed by atoms with E-state index in [1.54, 1.807) is 18.2 Å². The summed E-state index contributed by atoms with van der Waals surface area (Å²) in [6, 6.07) is 23.2. The van der Waals surface area contributed by atoms with Crippen molar-refractivity contribution in [3.63, 3.8) is 0 Å². The van der Waals surface area contributed by atoms with Gasteiger partial charge in [-0.05, 0) is 64.1 Å². The number of hydrogen-bond donors (Lipinski definition) is 2. The van der Waals surface area contributed by atoms with E-state index < -0.39 is 0 Å². The molecule has 0 unspecified atom stereocenters. The molecule has 0 spiro atoms. The molecule has 1 aliphatic carbocycles. The zero-order valence-corrected chi connectivity index (χ0v) is 12.5. The summed E-state index contributed by atoms with van der Waals surface area (Å²) >= 11 is 0. The molecule has 23 heavy (non-hydrogen) atoms. The van der Waals surface area contributed by atoms with E-state index in [4.69, 9.17) is 0 Å². The standard InChI is InChI=1S/C21H16O2/c22-17-8-6-14(7-9-17)20-13-16-12-18(23)10-11-19(16)21(20)15-4-2-1-3-5-15/h1-12,22-23H,13H2. The number of aromatic hydroxyl groups is 2. The van der Waals surface area contributed by atoms with Crippen LogP contribution in [0.2, 0.25) is 0 Å². The van der Waals surface area contributed by atoms with E-state index in [1.165, 1.54) is 16.7 Å². The average Bonchev–Trinajstić information content (AvgIpc) is 2.94. The van der Waals surface area contributed by atoms with Gasteiger partial charge < -0.3 is 10.2 Å². The minimum atomic E-state index is 0.267. The minimum Gasteiger partial charge on any atom is -0.508 e. The lowest BCUT2D eigenvalue weighted by Crippen LogP contribution is -1.89. The Bertz CT molecular complexity index is 891. The number of phenols is 2. The Hall–Kier alpha value is -3.00. The topological polar surface area (TPSA) is 40.5 Å². The zero-order valence-electron chi connectivity index (χ0n) is 12.5. The zero-order chi connectivity index (χ0) is 15.8. The predicted molar refractivity (Wildman–Crippen MR) is 92.3 cm³/mol. The lowest BCUT2D eigenvalue weighted by Gasteiger charge is -2.10. The molecule has 2 N–H and O–H groups in total. The van der Waals surface area contributed by atoms with E-state index in [-0.39, 0.29) is 5.75 Å². The summed E-state index contributed by atoms with van der Waals surface area (Å²) in [6.45, 7) is 0. The number of rotatable bonds is 2. The molecule has 4 rings (SSSR count). The summed E-state index contributed by atoms with van der Waals surface area (Å²) < 4.78 is 0. The van der Waals surface area contributed by atoms with Gasteiger partial charge in [-0.25, -0.2) is 0 Å². The Labute approximate surface area is 135 Å². The van der Waals surface area contributed by atoms with Gasteiger partial charge in [0.2, 0.25) is 0 Å². The third-order valence-corrected chi connectivity index (χ3v) is 4.31. The van der Waals surface area contributed by atoms with Crippen LogP contribution in [0.4, 0.5) is 0 Å². The van der Waals surface area contributed by atoms with Crippen LogP contribution < -0.4 is 0 Å². The number of allylic oxidation sites excluding steroid dienone is 1. The van der Waals surface area contributed by atoms with Crippen LogP contribution >= 0.6 is 0 Å². The summed E-state index contributed by atoms with van der Waals surface area (Å²) in [5.74, 6) is 0.562. The second-order valence-corrected chi connectivity index (χ2v) is 5.78. The van der Waals surface area contributed by atoms with Crippen molar-refractivity contribution >= 4 is 11.1 Å². The first kappa shape index (κ1) is 13.6. The smallest absolute Gasteiger partial charge is 0.115 e. The van der Waals surface area contributed by atoms with Crippen LogP contribution in [0.25, 0.3) is 11.1 Å². The number of benzene rings is 3. The highest BCUT2D eigenvalue weighted by Gasteiger charge is 2.24. The van der Waals surface area contributed by atoms with Gasteiger partial charge >= 0.3 is 0 Å². The molecule has 0 fully saturated rings. The molecule has 0 aliphatic heterocycles. The molecule has 2 nitrogen and oxygen atoms in total. The van der Waals surface area contributed by atoms with Crippen LogP contribution in [0.15, 0.2) is 72.8 Å². The van der Waals surface area contributed by atoms with Crippen LogP contribution in [0.5, 0.6) is 11.5 Å². The van der Waals surface area contributed by atoms with Gasteiger partial charge in [0.1, 0.15) is 11.5 Å². The Morgan fingerprint density at radius 3 is 2.09 bits per heavy atom. The van der Waals surface area contributed by atoms with E-state index in [0.717, 1.165) is 23.1 Å². The summed E-state index contributed by atoms with van der Waals surface area (Å²) in [7, 11) is 0. The van der Waals surface area contributed by atoms with E-state index in [2.05, 4.69) is 12.1 Å². The fourth-order valence-electron chi connectivity index (χ4n) is 3.26. The van der Waals surface area contributed by atoms with Crippen LogP contribution in [0.1, 0.15) is 22.3 Å². The van der Waals surface area contributed by atoms with Gasteiger partial charge in [-0.15, -0.1) is 0 Å². The molecule has 0 saturated heterocycles. The molecule has 112 valence electrons. The maximum absolute atomic E-state index is 9.79. The third kappa shape index (κ3) is 2.38. The first-order chi connectivity index (χ1) is 11.2. The van der Waals surface area contributed by atoms with Crippen molar-refractivity contribution in [2.75, 3.05) is 0 Å². The van der Waals surface area contributed by atoms with Crippen LogP contribution in [-0.4, -0.2) is 10.2 Å². The third-order valence-electron chi connectivity index (χ3n) is 4.31. The lowest BCUT2D eigenvalue weighted by atomic mass is 9.94. The first-order valence-corrected chi connectivity index (χ1v) is 7.62. The number of phenolic OH excluding ortho intramolecular Hbond substituents is 2. The van der Waals surface area contributed by atoms with Gasteiger partial charge in [0.05, 0.1) is 0 Å². The maximum Gasteiger partial charge on any atom is 0.115 e. The monoisotopic (exact) mass is 300 g/mol. The van der Waals surface area contributed by atoms with Crippen molar-refractivity contribution in [1.82, 2.24) is 0 Å². The molecular formula is C21H16O2. The van der Waals surface area contributed by atoms with Crippen molar-refractivity contribution in [3.8, 4) is 11.5 Å². The highest BCUT2D eigenvalue weighted by Crippen LogP contribution is 2.43. The highest BCUT2D eigenvalue weighted by molar-refractivity contribution is 6.03. The molecule has 0 atom stereocenters. The molecule has 0 bridgehead atoms. The second-order valence-electron chi connectivity index (χ2n) is 5.78. The van der Waals surface area contributed by atoms with Crippen LogP contribution in [0, 0.1) is 0 Å². The Morgan fingerprint density at radius 2 is 1.35 bits per heavy atom. The predicted octanol–water partition coefficient (Wildman–Crippen LogP) is 4.61. The van der Waals surface area contributed by atoms with Gasteiger partial charge in [-0.1, -0.05) is 48.5 Å². The fraction of sp³-hybridized carbons (Fsp3) is 0.0476. The van der Waals surface area contributed by atoms with Gasteiger partial charge in [0, 0.05) is 0 Å². The summed E-state index contributed by atoms with van der Waals surface area (Å²) in [5.41, 5.74) is 6.98. The first-order valence-electron chi connectivity index (χ1n) is 7.62. The van der Waals surface area contributed by atoms with Crippen molar-refractivity contribution in [3.05, 3.63) is 95.1 Å². The summed E-state index contributed by atoms with van der Waals surface area (Å²) in [4.78, 5) is 0. The van der Waals surface area contributed by atoms with Gasteiger partial charge in [-0.3, -0.25) is 0 Å². The second kappa shape index (κ2) is 5.33. The molecule has 0 heterocycles. The number of fused-ring (bicyclic) bond motifs is 1. The quantitative estimate of drug-likeness (QED) is 0.725. The van der Waals surface area contributed by atoms with E-state index in [9.17, 15) is 10.2 Å². The average molecular weight is 300 g/mol. The highest BCUT2D eigenvalue weighted by atomic mass is 16.3. The summed E-state index contributed by atoms with van der Waals surface area (Å²) in [5, 5.41) is 19.3. The molecule has 0 radical (unpaired) electrons. The molecule has 3 aromatic carbocycles. The van der Waals surface area contributed by atoms with Crippen LogP contribution in [0.3, 0.4) is 0 Å². The van der Waals surface area contributed by atoms with Crippen molar-refractivity contribution in [2.24, 2.45) is 0 Å². The normalized spacial score (nSPS) is 13.2. The van der Waals surface area contributed by atoms with Crippen LogP contribution in [-0.2, 0) is 6.42 Å². The Morgan fingerprint density at radius 1 is 0.652 bits per heavy atom. The SMILES string of the molecule is Oc1ccc(C2=C(c3ccccc3)c3ccc(O)cc3C2)cc1. The van der Waals surface area contributed by atoms with Gasteiger partial charge in [0.15, 0.2) is 0 Å². The van der Waals surface area contributed by atoms with Gasteiger partial charge in [0.25, 0.3) is 0 Å². The molecular weight excluding hydrogens is 284 g/mol. The van der Waals surface area contributed by atoms with Crippen molar-refractivity contribution in [1.29, 1.82) is 0 Å². The van der Waals surface area contributed by atoms with Crippen molar-refractivity contribution in [2.45, 2.75) is 6.42 Å². The number of hydrogen-bond acceptors (Lipinski definition) is 2. The Kier molecular flexibility index (Phi) is 3.16. The van der Waals surface area contributed by atoms with Crippen molar-refractivity contribution < 1.29 is 10.2 Å². The van der Waals surface area contributed by atoms with E-state index >= 15 is 0 Å². The lowest BCUT2D eigenvalue weighted by molar-refractivity contribution is 0.474. The fourth-order valence-corrected chi connectivity index (χ4v) is 3.26. The molecule has 0 amide bonds. The summed E-state index contributed by atoms with van der Waals surface area (Å²) in [6.07, 6.45) is 0.777. The molecule has 0 saturated carbocycles. The largest absolute Gasteiger partial charge is 0.508 e.